The van der Waals surface area contributed by atoms with Crippen molar-refractivity contribution in [3.8, 4) is 11.1 Å². The molecule has 2 fully saturated rings. The standard InChI is InChI=1S/C44H52O4Si/c1-43(2,3)49(37-20-12-8-13-21-37,38-22-14-9-15-23-38)48-32-39-40(24-16-5-6-17-25-42(45)46-4)44(31-41(39)47-33-44)30-34-26-28-36(29-27-34)35-18-10-7-11-19-35/h5,7-16,18-23,26-29,39-41H,6,17,24-25,30-33H2,1-4H3/b16-5-/t39-,40-,41-,44-/m1/s1. The molecule has 1 aliphatic carbocycles. The highest BCUT2D eigenvalue weighted by Crippen LogP contribution is 2.57. The van der Waals surface area contributed by atoms with Crippen LogP contribution in [0.2, 0.25) is 5.04 Å². The van der Waals surface area contributed by atoms with Crippen LogP contribution in [0.15, 0.2) is 127 Å². The summed E-state index contributed by atoms with van der Waals surface area (Å²) in [5, 5.41) is 2.54. The average Bonchev–Trinajstić information content (AvgIpc) is 3.67. The Balaban J connectivity index is 1.28. The Kier molecular flexibility index (Phi) is 11.0. The Labute approximate surface area is 294 Å². The van der Waals surface area contributed by atoms with Crippen molar-refractivity contribution in [1.29, 1.82) is 0 Å². The van der Waals surface area contributed by atoms with Crippen molar-refractivity contribution in [2.24, 2.45) is 17.3 Å². The molecule has 4 nitrogen and oxygen atoms in total. The molecule has 1 aliphatic heterocycles. The number of hydrogen-bond acceptors (Lipinski definition) is 4. The van der Waals surface area contributed by atoms with Crippen LogP contribution in [0.3, 0.4) is 0 Å². The van der Waals surface area contributed by atoms with Crippen LogP contribution in [-0.4, -0.2) is 40.7 Å². The van der Waals surface area contributed by atoms with Gasteiger partial charge in [-0.25, -0.2) is 0 Å². The largest absolute Gasteiger partial charge is 0.469 e. The fourth-order valence-corrected chi connectivity index (χ4v) is 13.2. The molecule has 0 radical (unpaired) electrons. The minimum Gasteiger partial charge on any atom is -0.469 e. The van der Waals surface area contributed by atoms with Gasteiger partial charge in [0.05, 0.1) is 19.8 Å². The van der Waals surface area contributed by atoms with Crippen LogP contribution in [0.4, 0.5) is 0 Å². The highest BCUT2D eigenvalue weighted by Gasteiger charge is 2.59. The molecule has 5 heteroatoms. The molecule has 2 aliphatic rings. The summed E-state index contributed by atoms with van der Waals surface area (Å²) in [4.78, 5) is 11.7. The van der Waals surface area contributed by atoms with Crippen LogP contribution in [0.1, 0.15) is 58.4 Å². The molecule has 0 aromatic heterocycles. The van der Waals surface area contributed by atoms with E-state index >= 15 is 0 Å². The second kappa shape index (κ2) is 15.4. The van der Waals surface area contributed by atoms with E-state index in [0.717, 1.165) is 38.7 Å². The average molecular weight is 673 g/mol. The van der Waals surface area contributed by atoms with Crippen LogP contribution in [-0.2, 0) is 25.1 Å². The van der Waals surface area contributed by atoms with Crippen molar-refractivity contribution in [3.63, 3.8) is 0 Å². The van der Waals surface area contributed by atoms with E-state index in [-0.39, 0.29) is 22.5 Å². The monoisotopic (exact) mass is 672 g/mol. The summed E-state index contributed by atoms with van der Waals surface area (Å²) < 4.78 is 19.1. The first-order chi connectivity index (χ1) is 23.8. The van der Waals surface area contributed by atoms with Crippen LogP contribution in [0, 0.1) is 17.3 Å². The highest BCUT2D eigenvalue weighted by atomic mass is 28.4. The zero-order valence-electron chi connectivity index (χ0n) is 29.6. The summed E-state index contributed by atoms with van der Waals surface area (Å²) in [6.07, 6.45) is 9.97. The van der Waals surface area contributed by atoms with Gasteiger partial charge < -0.3 is 13.9 Å². The van der Waals surface area contributed by atoms with Gasteiger partial charge in [-0.15, -0.1) is 0 Å². The fraction of sp³-hybridized carbons (Fsp3) is 0.386. The van der Waals surface area contributed by atoms with Crippen molar-refractivity contribution < 1.29 is 18.7 Å². The minimum atomic E-state index is -2.69. The van der Waals surface area contributed by atoms with E-state index in [1.54, 1.807) is 0 Å². The normalized spacial score (nSPS) is 22.1. The molecule has 0 unspecified atom stereocenters. The van der Waals surface area contributed by atoms with E-state index in [9.17, 15) is 4.79 Å². The highest BCUT2D eigenvalue weighted by molar-refractivity contribution is 6.99. The summed E-state index contributed by atoms with van der Waals surface area (Å²) in [6.45, 7) is 8.52. The number of allylic oxidation sites excluding steroid dienone is 2. The van der Waals surface area contributed by atoms with Gasteiger partial charge >= 0.3 is 5.97 Å². The SMILES string of the molecule is COC(=O)CCC/C=C\C[C@@H]1[C@@H](CO[Si](c2ccccc2)(c2ccccc2)C(C)(C)C)[C@H]2C[C@]1(Cc1ccc(-c3ccccc3)cc1)CO2. The van der Waals surface area contributed by atoms with Crippen molar-refractivity contribution in [3.05, 3.63) is 133 Å². The molecule has 4 aromatic carbocycles. The third-order valence-electron chi connectivity index (χ3n) is 11.0. The van der Waals surface area contributed by atoms with Crippen LogP contribution in [0.25, 0.3) is 11.1 Å². The first kappa shape index (κ1) is 35.1. The van der Waals surface area contributed by atoms with Crippen LogP contribution in [0.5, 0.6) is 0 Å². The Morgan fingerprint density at radius 1 is 0.837 bits per heavy atom. The number of benzene rings is 4. The minimum absolute atomic E-state index is 0.0504. The number of rotatable bonds is 14. The maximum Gasteiger partial charge on any atom is 0.305 e. The molecule has 1 saturated carbocycles. The first-order valence-electron chi connectivity index (χ1n) is 18.0. The Morgan fingerprint density at radius 3 is 2.02 bits per heavy atom. The zero-order chi connectivity index (χ0) is 34.3. The predicted octanol–water partition coefficient (Wildman–Crippen LogP) is 8.78. The van der Waals surface area contributed by atoms with Crippen LogP contribution < -0.4 is 10.4 Å². The van der Waals surface area contributed by atoms with Gasteiger partial charge in [0.25, 0.3) is 8.32 Å². The smallest absolute Gasteiger partial charge is 0.305 e. The van der Waals surface area contributed by atoms with Gasteiger partial charge in [-0.05, 0) is 70.1 Å². The van der Waals surface area contributed by atoms with Gasteiger partial charge in [0, 0.05) is 24.4 Å². The Hall–Kier alpha value is -3.77. The number of esters is 1. The first-order valence-corrected chi connectivity index (χ1v) is 19.9. The topological polar surface area (TPSA) is 44.8 Å². The lowest BCUT2D eigenvalue weighted by Gasteiger charge is -2.45. The van der Waals surface area contributed by atoms with E-state index < -0.39 is 8.32 Å². The second-order valence-corrected chi connectivity index (χ2v) is 19.4. The van der Waals surface area contributed by atoms with Gasteiger partial charge in [-0.3, -0.25) is 4.79 Å². The Bertz CT molecular complexity index is 1620. The summed E-state index contributed by atoms with van der Waals surface area (Å²) in [5.74, 6) is 0.574. The number of hydrogen-bond donors (Lipinski definition) is 0. The number of ether oxygens (including phenoxy) is 2. The zero-order valence-corrected chi connectivity index (χ0v) is 30.6. The predicted molar refractivity (Wildman–Crippen MR) is 203 cm³/mol. The van der Waals surface area contributed by atoms with Gasteiger partial charge in [-0.1, -0.05) is 148 Å². The van der Waals surface area contributed by atoms with Gasteiger partial charge in [0.2, 0.25) is 0 Å². The molecule has 49 heavy (non-hydrogen) atoms. The van der Waals surface area contributed by atoms with Gasteiger partial charge in [0.1, 0.15) is 0 Å². The lowest BCUT2D eigenvalue weighted by Crippen LogP contribution is -2.67. The van der Waals surface area contributed by atoms with E-state index in [4.69, 9.17) is 13.9 Å². The van der Waals surface area contributed by atoms with E-state index in [2.05, 4.69) is 148 Å². The quantitative estimate of drug-likeness (QED) is 0.0582. The van der Waals surface area contributed by atoms with Crippen molar-refractivity contribution in [2.75, 3.05) is 20.3 Å². The maximum atomic E-state index is 11.7. The molecule has 0 spiro atoms. The summed E-state index contributed by atoms with van der Waals surface area (Å²) >= 11 is 0. The van der Waals surface area contributed by atoms with E-state index in [1.165, 1.54) is 34.2 Å². The number of unbranched alkanes of at least 4 members (excludes halogenated alkanes) is 1. The lowest BCUT2D eigenvalue weighted by molar-refractivity contribution is -0.140. The van der Waals surface area contributed by atoms with Gasteiger partial charge in [-0.2, -0.15) is 0 Å². The summed E-state index contributed by atoms with van der Waals surface area (Å²) in [7, 11) is -1.23. The summed E-state index contributed by atoms with van der Waals surface area (Å²) in [5.41, 5.74) is 3.91. The van der Waals surface area contributed by atoms with Crippen molar-refractivity contribution in [1.82, 2.24) is 0 Å². The van der Waals surface area contributed by atoms with E-state index in [1.807, 2.05) is 0 Å². The molecule has 256 valence electrons. The molecule has 0 amide bonds. The van der Waals surface area contributed by atoms with Gasteiger partial charge in [0.15, 0.2) is 0 Å². The van der Waals surface area contributed by atoms with Crippen molar-refractivity contribution in [2.45, 2.75) is 70.4 Å². The molecule has 6 rings (SSSR count). The Morgan fingerprint density at radius 2 is 1.43 bits per heavy atom. The molecule has 0 N–H and O–H groups in total. The molecular formula is C44H52O4Si. The molecular weight excluding hydrogens is 621 g/mol. The number of carbonyl (C=O) groups excluding carboxylic acids is 1. The summed E-state index contributed by atoms with van der Waals surface area (Å²) in [6, 6.07) is 41.7. The maximum absolute atomic E-state index is 11.7. The molecule has 4 aromatic rings. The van der Waals surface area contributed by atoms with E-state index in [0.29, 0.717) is 24.9 Å². The van der Waals surface area contributed by atoms with Crippen LogP contribution >= 0.6 is 0 Å². The molecule has 1 saturated heterocycles. The molecule has 4 atom stereocenters. The lowest BCUT2D eigenvalue weighted by atomic mass is 9.70. The fourth-order valence-electron chi connectivity index (χ4n) is 8.60. The molecule has 2 bridgehead atoms. The third-order valence-corrected chi connectivity index (χ3v) is 16.0. The number of methoxy groups -OCH3 is 1. The number of fused-ring (bicyclic) bond motifs is 2. The number of carbonyl (C=O) groups is 1. The molecule has 1 heterocycles. The van der Waals surface area contributed by atoms with Crippen molar-refractivity contribution >= 4 is 24.7 Å². The second-order valence-electron chi connectivity index (χ2n) is 15.1. The third kappa shape index (κ3) is 7.55.